The van der Waals surface area contributed by atoms with Gasteiger partial charge < -0.3 is 85.8 Å². The molecule has 5 atom stereocenters. The van der Waals surface area contributed by atoms with E-state index in [1.54, 1.807) is 43.5 Å². The Hall–Kier alpha value is -15.7. The third kappa shape index (κ3) is 39.4. The number of aryl methyl sites for hydroxylation is 2. The average Bonchev–Trinajstić information content (AvgIpc) is 1.74. The van der Waals surface area contributed by atoms with Crippen LogP contribution in [0.5, 0.6) is 40.2 Å². The SMILES string of the molecule is C=CC(=O)OCCCCCCOC.C=CC(=O)OCCCCCCOC(=O)Oc1ccc(C)cc1.C=CC(=O)OCCOc1ccc(C(=O)OC)cc1.CC(=O)Oc1ccc(C(=O)Oc2ccc(C(=O)O[C@@H]3COC4C3OC[C@@H]4C)cc2)cc1.COC(=O)c1ccc(OC(=O)c2ccc(OC(=O)c3ccc(OC(C)=O)cc3)cc2)cc1.Cc1ccc(C(=O)N[C@@H](C)c2cccc3ccccc23)cc1. The van der Waals surface area contributed by atoms with Crippen LogP contribution in [0.15, 0.2) is 275 Å². The molecule has 1 amide bonds. The fraction of sp³-hybridized carbons (Fsp3) is 0.280. The van der Waals surface area contributed by atoms with Crippen LogP contribution >= 0.6 is 0 Å². The Labute approximate surface area is 800 Å². The average molecular weight is 1890 g/mol. The molecule has 0 bridgehead atoms. The van der Waals surface area contributed by atoms with Crippen molar-refractivity contribution in [1.29, 1.82) is 0 Å². The van der Waals surface area contributed by atoms with Crippen LogP contribution in [0.3, 0.4) is 0 Å². The summed E-state index contributed by atoms with van der Waals surface area (Å²) in [5.41, 5.74) is 5.99. The van der Waals surface area contributed by atoms with Crippen LogP contribution < -0.4 is 38.5 Å². The van der Waals surface area contributed by atoms with E-state index < -0.39 is 72.0 Å². The molecule has 2 fully saturated rings. The maximum absolute atomic E-state index is 12.5. The molecule has 138 heavy (non-hydrogen) atoms. The van der Waals surface area contributed by atoms with Crippen molar-refractivity contribution >= 4 is 88.5 Å². The number of esters is 11. The van der Waals surface area contributed by atoms with Crippen molar-refractivity contribution in [2.75, 3.05) is 74.2 Å². The standard InChI is InChI=1S/C24H18O8.C23H22O8.C20H19NO.C17H22O5.C13H14O5.C10H18O3/c1-15(25)30-19-9-5-17(6-10-19)23(27)32-21-13-7-18(8-14-21)24(28)31-20-11-3-16(4-12-20)22(26)29-2;1-13-11-27-21-19(12-28-20(13)21)31-23(26)16-5-9-18(10-6-16)30-22(25)15-3-7-17(8-4-15)29-14(2)24;1-14-10-12-17(13-11-14)20(22)21-15(2)18-9-5-7-16-6-3-4-8-19(16)18;1-3-16(18)20-12-6-4-5-7-13-21-17(19)22-15-10-8-14(2)9-11-15;1-3-12(14)18-9-8-17-11-6-4-10(5-7-11)13(15)16-2;1-3-10(11)13-9-7-5-4-6-8-12-2/h3-14H,1-2H3;3-10,13,19-21H,11-12H2,1-2H3;3-13,15H,1-2H3,(H,21,22);3,8-11H,1,4-7,12-13H2,2H3;3-7H,1,8-9H2,2H3;3H,1,4-9H2,2H3/t;13-,19+,20?,21?;15-;;;/m.00.../s1. The molecule has 10 aromatic carbocycles. The van der Waals surface area contributed by atoms with E-state index in [0.717, 1.165) is 86.8 Å². The number of methoxy groups -OCH3 is 3. The quantitative estimate of drug-likeness (QED) is 0.00943. The molecule has 726 valence electrons. The number of benzene rings is 10. The zero-order valence-corrected chi connectivity index (χ0v) is 78.3. The molecule has 10 aromatic rings. The molecule has 2 heterocycles. The topological polar surface area (TPSA) is 391 Å². The molecule has 0 radical (unpaired) electrons. The second kappa shape index (κ2) is 59.8. The minimum absolute atomic E-state index is 0.0392. The van der Waals surface area contributed by atoms with Gasteiger partial charge in [0, 0.05) is 57.3 Å². The Bertz CT molecular complexity index is 5640. The first kappa shape index (κ1) is 109. The number of rotatable bonds is 37. The molecule has 0 spiro atoms. The van der Waals surface area contributed by atoms with Crippen LogP contribution in [0, 0.1) is 19.8 Å². The number of carbonyl (C=O) groups excluding carboxylic acids is 13. The van der Waals surface area contributed by atoms with Crippen LogP contribution in [-0.4, -0.2) is 170 Å². The van der Waals surface area contributed by atoms with Gasteiger partial charge in [-0.2, -0.15) is 0 Å². The summed E-state index contributed by atoms with van der Waals surface area (Å²) in [6.45, 7) is 23.8. The molecule has 1 N–H and O–H groups in total. The number of hydrogen-bond acceptors (Lipinski definition) is 30. The van der Waals surface area contributed by atoms with Gasteiger partial charge in [0.2, 0.25) is 0 Å². The van der Waals surface area contributed by atoms with E-state index in [1.807, 2.05) is 82.3 Å². The van der Waals surface area contributed by atoms with E-state index >= 15 is 0 Å². The molecule has 31 heteroatoms. The Balaban J connectivity index is 0.000000231. The zero-order valence-electron chi connectivity index (χ0n) is 78.3. The summed E-state index contributed by atoms with van der Waals surface area (Å²) in [5, 5.41) is 5.46. The van der Waals surface area contributed by atoms with E-state index in [4.69, 9.17) is 71.1 Å². The van der Waals surface area contributed by atoms with Gasteiger partial charge >= 0.3 is 71.8 Å². The summed E-state index contributed by atoms with van der Waals surface area (Å²) in [6.07, 6.45) is 9.55. The fourth-order valence-electron chi connectivity index (χ4n) is 12.7. The van der Waals surface area contributed by atoms with Crippen molar-refractivity contribution in [1.82, 2.24) is 5.32 Å². The van der Waals surface area contributed by atoms with Crippen molar-refractivity contribution in [3.05, 3.63) is 330 Å². The lowest BCUT2D eigenvalue weighted by Crippen LogP contribution is -2.32. The predicted octanol–water partition coefficient (Wildman–Crippen LogP) is 18.6. The first-order valence-corrected chi connectivity index (χ1v) is 44.0. The van der Waals surface area contributed by atoms with Gasteiger partial charge in [0.1, 0.15) is 59.6 Å². The molecular formula is C107H113NO30. The molecule has 31 nitrogen and oxygen atoms in total. The van der Waals surface area contributed by atoms with Crippen LogP contribution in [0.25, 0.3) is 10.8 Å². The highest BCUT2D eigenvalue weighted by atomic mass is 16.7. The molecule has 0 aromatic heterocycles. The van der Waals surface area contributed by atoms with Gasteiger partial charge in [0.15, 0.2) is 6.10 Å². The first-order chi connectivity index (χ1) is 66.5. The number of ether oxygens (including phenoxy) is 17. The number of hydrogen-bond donors (Lipinski definition) is 1. The smallest absolute Gasteiger partial charge is 0.490 e. The van der Waals surface area contributed by atoms with Gasteiger partial charge in [-0.15, -0.1) is 0 Å². The largest absolute Gasteiger partial charge is 0.513 e. The van der Waals surface area contributed by atoms with Gasteiger partial charge in [-0.3, -0.25) is 14.4 Å². The van der Waals surface area contributed by atoms with Crippen molar-refractivity contribution < 1.29 is 143 Å². The van der Waals surface area contributed by atoms with E-state index in [9.17, 15) is 62.3 Å². The summed E-state index contributed by atoms with van der Waals surface area (Å²) in [6, 6.07) is 65.4. The lowest BCUT2D eigenvalue weighted by atomic mass is 9.99. The molecule has 2 aliphatic heterocycles. The summed E-state index contributed by atoms with van der Waals surface area (Å²) in [7, 11) is 4.30. The third-order valence-corrected chi connectivity index (χ3v) is 19.8. The maximum Gasteiger partial charge on any atom is 0.513 e. The predicted molar refractivity (Wildman–Crippen MR) is 509 cm³/mol. The Morgan fingerprint density at radius 1 is 0.362 bits per heavy atom. The normalized spacial score (nSPS) is 13.4. The summed E-state index contributed by atoms with van der Waals surface area (Å²) >= 11 is 0. The van der Waals surface area contributed by atoms with E-state index in [1.165, 1.54) is 166 Å². The van der Waals surface area contributed by atoms with Crippen molar-refractivity contribution in [2.45, 2.75) is 117 Å². The lowest BCUT2D eigenvalue weighted by molar-refractivity contribution is -0.139. The molecular weight excluding hydrogens is 1780 g/mol. The Morgan fingerprint density at radius 3 is 1.13 bits per heavy atom. The number of unbranched alkanes of at least 4 members (excludes halogenated alkanes) is 6. The highest BCUT2D eigenvalue weighted by Crippen LogP contribution is 2.34. The molecule has 2 unspecified atom stereocenters. The lowest BCUT2D eigenvalue weighted by Gasteiger charge is -2.16. The zero-order chi connectivity index (χ0) is 100. The molecule has 0 aliphatic carbocycles. The van der Waals surface area contributed by atoms with E-state index in [0.29, 0.717) is 83.8 Å². The van der Waals surface area contributed by atoms with Crippen molar-refractivity contribution in [3.63, 3.8) is 0 Å². The van der Waals surface area contributed by atoms with E-state index in [-0.39, 0.29) is 77.6 Å². The molecule has 12 rings (SSSR count). The minimum atomic E-state index is -0.691. The monoisotopic (exact) mass is 1890 g/mol. The molecule has 2 aliphatic rings. The first-order valence-electron chi connectivity index (χ1n) is 44.0. The second-order valence-electron chi connectivity index (χ2n) is 30.4. The summed E-state index contributed by atoms with van der Waals surface area (Å²) in [5.74, 6) is -2.60. The summed E-state index contributed by atoms with van der Waals surface area (Å²) in [4.78, 5) is 150. The molecule has 2 saturated heterocycles. The summed E-state index contributed by atoms with van der Waals surface area (Å²) < 4.78 is 86.4. The van der Waals surface area contributed by atoms with Crippen molar-refractivity contribution in [3.8, 4) is 40.2 Å². The van der Waals surface area contributed by atoms with Crippen LogP contribution in [0.4, 0.5) is 4.79 Å². The number of fused-ring (bicyclic) bond motifs is 2. The van der Waals surface area contributed by atoms with Crippen LogP contribution in [0.2, 0.25) is 0 Å². The molecule has 0 saturated carbocycles. The van der Waals surface area contributed by atoms with Crippen LogP contribution in [-0.2, 0) is 71.3 Å². The van der Waals surface area contributed by atoms with E-state index in [2.05, 4.69) is 58.8 Å². The second-order valence-corrected chi connectivity index (χ2v) is 30.4. The highest BCUT2D eigenvalue weighted by molar-refractivity contribution is 5.97. The number of nitrogens with one attached hydrogen (secondary N) is 1. The number of carbonyl (C=O) groups is 13. The van der Waals surface area contributed by atoms with Gasteiger partial charge in [-0.25, -0.2) is 47.9 Å². The minimum Gasteiger partial charge on any atom is -0.490 e. The Kier molecular flexibility index (Phi) is 47.4. The van der Waals surface area contributed by atoms with Crippen LogP contribution in [0.1, 0.15) is 174 Å². The third-order valence-electron chi connectivity index (χ3n) is 19.8. The maximum atomic E-state index is 12.5. The van der Waals surface area contributed by atoms with Crippen molar-refractivity contribution in [2.24, 2.45) is 5.92 Å². The number of amides is 1. The fourth-order valence-corrected chi connectivity index (χ4v) is 12.7. The van der Waals surface area contributed by atoms with Gasteiger partial charge in [0.25, 0.3) is 5.91 Å². The highest BCUT2D eigenvalue weighted by Gasteiger charge is 2.48. The Morgan fingerprint density at radius 2 is 0.710 bits per heavy atom. The van der Waals surface area contributed by atoms with Gasteiger partial charge in [0.05, 0.1) is 92.8 Å². The van der Waals surface area contributed by atoms with Gasteiger partial charge in [-0.05, 0) is 252 Å². The van der Waals surface area contributed by atoms with Gasteiger partial charge in [-0.1, -0.05) is 111 Å².